The smallest absolute Gasteiger partial charge is 0.223 e. The van der Waals surface area contributed by atoms with Crippen molar-refractivity contribution in [2.75, 3.05) is 17.9 Å². The van der Waals surface area contributed by atoms with Gasteiger partial charge in [-0.05, 0) is 20.3 Å². The lowest BCUT2D eigenvalue weighted by molar-refractivity contribution is 0.406. The summed E-state index contributed by atoms with van der Waals surface area (Å²) >= 11 is 1.77. The van der Waals surface area contributed by atoms with Gasteiger partial charge in [0, 0.05) is 28.1 Å². The number of nitrogens with zero attached hydrogens (tertiary/aromatic N) is 4. The number of aromatic nitrogens is 3. The molecule has 2 aromatic rings. The molecule has 25 heavy (non-hydrogen) atoms. The lowest BCUT2D eigenvalue weighted by atomic mass is 10.1. The fourth-order valence-electron chi connectivity index (χ4n) is 3.61. The Morgan fingerprint density at radius 2 is 2.20 bits per heavy atom. The number of rotatable bonds is 3. The van der Waals surface area contributed by atoms with Crippen LogP contribution in [0.15, 0.2) is 11.2 Å². The van der Waals surface area contributed by atoms with E-state index < -0.39 is 0 Å². The summed E-state index contributed by atoms with van der Waals surface area (Å²) < 4.78 is 5.53. The molecule has 2 unspecified atom stereocenters. The zero-order chi connectivity index (χ0) is 17.7. The van der Waals surface area contributed by atoms with Gasteiger partial charge in [0.25, 0.3) is 0 Å². The standard InChI is InChI=1S/C17H22N6OS/c1-8-6-19-12(10(3)14(8)24-4)7-23-15-13-11(22-23)5-9(2)25-16(13)21-17(18)20-15/h6,9,11,22H,5,7H2,1-4H3,(H2,18,20,21). The largest absolute Gasteiger partial charge is 0.496 e. The molecule has 4 rings (SSSR count). The molecule has 132 valence electrons. The number of nitrogen functional groups attached to an aromatic ring is 1. The molecule has 2 aliphatic rings. The molecule has 3 N–H and O–H groups in total. The fourth-order valence-corrected chi connectivity index (χ4v) is 4.79. The minimum atomic E-state index is 0.231. The van der Waals surface area contributed by atoms with Crippen LogP contribution in [-0.4, -0.2) is 27.3 Å². The van der Waals surface area contributed by atoms with E-state index in [-0.39, 0.29) is 6.04 Å². The van der Waals surface area contributed by atoms with E-state index in [4.69, 9.17) is 10.5 Å². The molecule has 0 saturated carbocycles. The molecule has 4 heterocycles. The highest BCUT2D eigenvalue weighted by atomic mass is 32.2. The third kappa shape index (κ3) is 2.69. The molecule has 0 saturated heterocycles. The average molecular weight is 358 g/mol. The number of hydrogen-bond donors (Lipinski definition) is 2. The van der Waals surface area contributed by atoms with E-state index in [1.165, 1.54) is 0 Å². The Kier molecular flexibility index (Phi) is 3.96. The van der Waals surface area contributed by atoms with Crippen molar-refractivity contribution in [3.63, 3.8) is 0 Å². The minimum Gasteiger partial charge on any atom is -0.496 e. The third-order valence-electron chi connectivity index (χ3n) is 4.76. The number of nitrogens with one attached hydrogen (secondary N) is 1. The molecule has 7 nitrogen and oxygen atoms in total. The topological polar surface area (TPSA) is 89.2 Å². The van der Waals surface area contributed by atoms with Crippen LogP contribution < -0.4 is 20.9 Å². The van der Waals surface area contributed by atoms with E-state index in [0.29, 0.717) is 17.7 Å². The second-order valence-corrected chi connectivity index (χ2v) is 8.03. The van der Waals surface area contributed by atoms with Crippen LogP contribution in [0, 0.1) is 13.8 Å². The fraction of sp³-hybridized carbons (Fsp3) is 0.471. The van der Waals surface area contributed by atoms with Gasteiger partial charge < -0.3 is 10.5 Å². The van der Waals surface area contributed by atoms with Crippen LogP contribution in [0.5, 0.6) is 5.75 Å². The molecule has 2 aliphatic heterocycles. The summed E-state index contributed by atoms with van der Waals surface area (Å²) in [5.41, 5.74) is 13.7. The van der Waals surface area contributed by atoms with Crippen molar-refractivity contribution in [3.8, 4) is 5.75 Å². The van der Waals surface area contributed by atoms with Crippen molar-refractivity contribution >= 4 is 23.5 Å². The number of nitrogens with two attached hydrogens (primary N) is 1. The minimum absolute atomic E-state index is 0.231. The second kappa shape index (κ2) is 6.03. The lowest BCUT2D eigenvalue weighted by Crippen LogP contribution is -2.35. The SMILES string of the molecule is COc1c(C)cnc(CN2NC3CC(C)Sc4nc(N)nc2c43)c1C. The summed E-state index contributed by atoms with van der Waals surface area (Å²) in [6.07, 6.45) is 2.89. The first-order valence-electron chi connectivity index (χ1n) is 8.34. The molecule has 0 aromatic carbocycles. The molecular weight excluding hydrogens is 336 g/mol. The normalized spacial score (nSPS) is 21.4. The van der Waals surface area contributed by atoms with Gasteiger partial charge in [-0.15, -0.1) is 11.8 Å². The van der Waals surface area contributed by atoms with E-state index in [0.717, 1.165) is 45.4 Å². The molecule has 8 heteroatoms. The average Bonchev–Trinajstić information content (AvgIpc) is 2.88. The summed E-state index contributed by atoms with van der Waals surface area (Å²) in [4.78, 5) is 13.5. The molecule has 0 radical (unpaired) electrons. The summed E-state index contributed by atoms with van der Waals surface area (Å²) in [6.45, 7) is 6.86. The maximum absolute atomic E-state index is 5.95. The van der Waals surface area contributed by atoms with Crippen molar-refractivity contribution in [1.29, 1.82) is 0 Å². The zero-order valence-electron chi connectivity index (χ0n) is 14.8. The predicted octanol–water partition coefficient (Wildman–Crippen LogP) is 2.53. The van der Waals surface area contributed by atoms with Crippen molar-refractivity contribution in [2.24, 2.45) is 0 Å². The van der Waals surface area contributed by atoms with Gasteiger partial charge in [0.05, 0.1) is 25.4 Å². The van der Waals surface area contributed by atoms with Crippen LogP contribution in [0.1, 0.15) is 41.8 Å². The second-order valence-electron chi connectivity index (χ2n) is 6.60. The first-order valence-corrected chi connectivity index (χ1v) is 9.22. The van der Waals surface area contributed by atoms with Crippen LogP contribution in [0.3, 0.4) is 0 Å². The first kappa shape index (κ1) is 16.4. The number of anilines is 2. The van der Waals surface area contributed by atoms with Crippen molar-refractivity contribution < 1.29 is 4.74 Å². The monoisotopic (exact) mass is 358 g/mol. The van der Waals surface area contributed by atoms with Crippen LogP contribution in [-0.2, 0) is 6.54 Å². The van der Waals surface area contributed by atoms with Gasteiger partial charge in [0.1, 0.15) is 10.8 Å². The Balaban J connectivity index is 1.71. The number of hydrogen-bond acceptors (Lipinski definition) is 8. The Morgan fingerprint density at radius 3 is 2.96 bits per heavy atom. The highest BCUT2D eigenvalue weighted by Gasteiger charge is 2.38. The van der Waals surface area contributed by atoms with Gasteiger partial charge >= 0.3 is 0 Å². The number of hydrazine groups is 1. The van der Waals surface area contributed by atoms with Crippen LogP contribution in [0.2, 0.25) is 0 Å². The summed E-state index contributed by atoms with van der Waals surface area (Å²) in [7, 11) is 1.69. The van der Waals surface area contributed by atoms with Crippen LogP contribution >= 0.6 is 11.8 Å². The van der Waals surface area contributed by atoms with E-state index in [9.17, 15) is 0 Å². The van der Waals surface area contributed by atoms with E-state index in [1.807, 2.05) is 25.1 Å². The molecule has 2 aromatic heterocycles. The maximum Gasteiger partial charge on any atom is 0.223 e. The lowest BCUT2D eigenvalue weighted by Gasteiger charge is -2.24. The number of thioether (sulfide) groups is 1. The van der Waals surface area contributed by atoms with Crippen LogP contribution in [0.4, 0.5) is 11.8 Å². The molecular formula is C17H22N6OS. The van der Waals surface area contributed by atoms with Crippen LogP contribution in [0.25, 0.3) is 0 Å². The van der Waals surface area contributed by atoms with Crippen molar-refractivity contribution in [3.05, 3.63) is 28.6 Å². The molecule has 0 spiro atoms. The van der Waals surface area contributed by atoms with Gasteiger partial charge in [-0.2, -0.15) is 4.98 Å². The Morgan fingerprint density at radius 1 is 1.40 bits per heavy atom. The Bertz CT molecular complexity index is 842. The summed E-state index contributed by atoms with van der Waals surface area (Å²) in [6, 6.07) is 0.231. The summed E-state index contributed by atoms with van der Waals surface area (Å²) in [5.74, 6) is 2.07. The Labute approximate surface area is 151 Å². The number of aryl methyl sites for hydroxylation is 1. The quantitative estimate of drug-likeness (QED) is 0.809. The highest BCUT2D eigenvalue weighted by Crippen LogP contribution is 2.47. The van der Waals surface area contributed by atoms with Crippen molar-refractivity contribution in [1.82, 2.24) is 20.4 Å². The molecule has 0 fully saturated rings. The van der Waals surface area contributed by atoms with Gasteiger partial charge in [-0.3, -0.25) is 9.99 Å². The van der Waals surface area contributed by atoms with Gasteiger partial charge in [0.2, 0.25) is 5.95 Å². The zero-order valence-corrected chi connectivity index (χ0v) is 15.6. The number of methoxy groups -OCH3 is 1. The first-order chi connectivity index (χ1) is 12.0. The maximum atomic E-state index is 5.95. The van der Waals surface area contributed by atoms with Gasteiger partial charge in [-0.25, -0.2) is 10.4 Å². The predicted molar refractivity (Wildman–Crippen MR) is 98.7 cm³/mol. The van der Waals surface area contributed by atoms with Gasteiger partial charge in [-0.1, -0.05) is 6.92 Å². The highest BCUT2D eigenvalue weighted by molar-refractivity contribution is 7.99. The summed E-state index contributed by atoms with van der Waals surface area (Å²) in [5, 5.41) is 3.53. The van der Waals surface area contributed by atoms with Crippen molar-refractivity contribution in [2.45, 2.75) is 50.1 Å². The van der Waals surface area contributed by atoms with Gasteiger partial charge in [0.15, 0.2) is 5.82 Å². The van der Waals surface area contributed by atoms with E-state index in [2.05, 4.69) is 27.3 Å². The molecule has 0 amide bonds. The number of ether oxygens (including phenoxy) is 1. The van der Waals surface area contributed by atoms with E-state index in [1.54, 1.807) is 18.9 Å². The number of pyridine rings is 1. The third-order valence-corrected chi connectivity index (χ3v) is 5.89. The molecule has 0 bridgehead atoms. The Hall–Kier alpha value is -2.06. The van der Waals surface area contributed by atoms with E-state index >= 15 is 0 Å². The molecule has 0 aliphatic carbocycles. The molecule has 2 atom stereocenters.